The monoisotopic (exact) mass is 811 g/mol. The molecule has 4 rings (SSSR count). The molecule has 1 radical (unpaired) electrons. The zero-order valence-corrected chi connectivity index (χ0v) is 33.3. The van der Waals surface area contributed by atoms with Gasteiger partial charge in [-0.2, -0.15) is 0 Å². The molecule has 0 saturated heterocycles. The van der Waals surface area contributed by atoms with Crippen LogP contribution < -0.4 is 0 Å². The molecule has 0 fully saturated rings. The molecule has 13 heteroatoms. The molecule has 0 aromatic heterocycles. The van der Waals surface area contributed by atoms with Gasteiger partial charge < -0.3 is 29.8 Å². The van der Waals surface area contributed by atoms with Crippen molar-refractivity contribution in [1.82, 2.24) is 9.80 Å². The maximum atomic E-state index is 11.0. The predicted molar refractivity (Wildman–Crippen MR) is 211 cm³/mol. The van der Waals surface area contributed by atoms with Gasteiger partial charge in [0.25, 0.3) is 23.6 Å². The van der Waals surface area contributed by atoms with Crippen molar-refractivity contribution in [2.24, 2.45) is 0 Å². The summed E-state index contributed by atoms with van der Waals surface area (Å²) in [5, 5.41) is 6.40. The predicted octanol–water partition coefficient (Wildman–Crippen LogP) is 8.96. The van der Waals surface area contributed by atoms with Gasteiger partial charge in [0.1, 0.15) is 0 Å². The minimum absolute atomic E-state index is 0. The Kier molecular flexibility index (Phi) is 41.5. The van der Waals surface area contributed by atoms with E-state index in [0.29, 0.717) is 44.6 Å². The fourth-order valence-corrected chi connectivity index (χ4v) is 2.99. The van der Waals surface area contributed by atoms with Crippen LogP contribution in [0.25, 0.3) is 10.6 Å². The smallest absolute Gasteiger partial charge is 0.256 e. The summed E-state index contributed by atoms with van der Waals surface area (Å²) in [4.78, 5) is 88.4. The van der Waals surface area contributed by atoms with E-state index in [-0.39, 0.29) is 93.5 Å². The van der Waals surface area contributed by atoms with Crippen LogP contribution in [0.4, 0.5) is 0 Å². The van der Waals surface area contributed by atoms with E-state index in [1.807, 2.05) is 0 Å². The summed E-state index contributed by atoms with van der Waals surface area (Å²) in [7, 11) is 2.98. The molecule has 0 unspecified atom stereocenters. The molecule has 0 saturated carbocycles. The molecule has 0 aromatic carbocycles. The molecule has 0 aromatic rings. The number of imide groups is 4. The van der Waals surface area contributed by atoms with Crippen LogP contribution in [0.5, 0.6) is 0 Å². The fourth-order valence-electron chi connectivity index (χ4n) is 2.99. The van der Waals surface area contributed by atoms with Crippen LogP contribution in [0.3, 0.4) is 0 Å². The number of rotatable bonds is 2. The second-order valence-corrected chi connectivity index (χ2v) is 10.8. The fraction of sp³-hybridized carbons (Fsp3) is 0.590. The zero-order valence-electron chi connectivity index (χ0n) is 30.5. The summed E-state index contributed by atoms with van der Waals surface area (Å²) >= 11 is 0. The third-order valence-corrected chi connectivity index (χ3v) is 7.44. The van der Waals surface area contributed by atoms with E-state index in [1.54, 1.807) is 55.4 Å². The molecule has 0 aliphatic carbocycles. The minimum atomic E-state index is -0.391. The van der Waals surface area contributed by atoms with Crippen LogP contribution in [0.15, 0.2) is 44.6 Å². The molecule has 0 N–H and O–H groups in total. The van der Waals surface area contributed by atoms with Gasteiger partial charge in [0.15, 0.2) is 0 Å². The van der Waals surface area contributed by atoms with Crippen molar-refractivity contribution < 1.29 is 71.1 Å². The summed E-state index contributed by atoms with van der Waals surface area (Å²) in [6.45, 7) is 21.8. The van der Waals surface area contributed by atoms with Gasteiger partial charge in [-0.15, -0.1) is 0 Å². The first-order chi connectivity index (χ1) is 21.2. The van der Waals surface area contributed by atoms with Crippen LogP contribution in [-0.2, 0) is 71.1 Å². The number of amides is 8. The summed E-state index contributed by atoms with van der Waals surface area (Å²) in [6.07, 6.45) is 5.28. The van der Waals surface area contributed by atoms with E-state index >= 15 is 0 Å². The zero-order chi connectivity index (χ0) is 36.6. The summed E-state index contributed by atoms with van der Waals surface area (Å²) in [5.74, 6) is -2.28. The van der Waals surface area contributed by atoms with Crippen LogP contribution >= 0.6 is 0 Å². The van der Waals surface area contributed by atoms with Gasteiger partial charge >= 0.3 is 0 Å². The van der Waals surface area contributed by atoms with Crippen molar-refractivity contribution >= 4 is 47.3 Å². The third kappa shape index (κ3) is 19.5. The van der Waals surface area contributed by atoms with Crippen molar-refractivity contribution in [1.29, 1.82) is 0 Å². The van der Waals surface area contributed by atoms with Crippen LogP contribution in [-0.4, -0.2) is 71.2 Å². The first kappa shape index (κ1) is 66.8. The SMILES string of the molecule is C.C.C.C.C.CC1=C(C)C(=O)N(C)C1=O.CC1=C(C)C(=O)N(C)C1=O.CC1=C(C)C(=O)[N-]C1=O.CC1=C(C)C(=O)[N-]C1=O.CCCC.CCCC.[Y]. The van der Waals surface area contributed by atoms with Gasteiger partial charge in [0.2, 0.25) is 0 Å². The van der Waals surface area contributed by atoms with E-state index < -0.39 is 23.6 Å². The Labute approximate surface area is 341 Å². The normalized spacial score (nSPS) is 15.1. The molecule has 4 heterocycles. The first-order valence-electron chi connectivity index (χ1n) is 15.1. The van der Waals surface area contributed by atoms with Gasteiger partial charge in [-0.3, -0.25) is 29.0 Å². The number of hydrogen-bond acceptors (Lipinski definition) is 8. The van der Waals surface area contributed by atoms with Crippen molar-refractivity contribution in [2.45, 2.75) is 146 Å². The van der Waals surface area contributed by atoms with Gasteiger partial charge in [-0.05, 0) is 77.7 Å². The second kappa shape index (κ2) is 32.3. The molecule has 12 nitrogen and oxygen atoms in total. The average Bonchev–Trinajstić information content (AvgIpc) is 3.54. The molecule has 8 amide bonds. The van der Waals surface area contributed by atoms with Crippen LogP contribution in [0.1, 0.15) is 146 Å². The van der Waals surface area contributed by atoms with E-state index in [0.717, 1.165) is 9.80 Å². The van der Waals surface area contributed by atoms with E-state index in [4.69, 9.17) is 0 Å². The Morgan fingerprint density at radius 2 is 0.481 bits per heavy atom. The Hall–Kier alpha value is -3.38. The van der Waals surface area contributed by atoms with Crippen LogP contribution in [0, 0.1) is 0 Å². The van der Waals surface area contributed by atoms with E-state index in [2.05, 4.69) is 38.3 Å². The molecule has 4 aliphatic heterocycles. The summed E-state index contributed by atoms with van der Waals surface area (Å²) in [6, 6.07) is 0. The Morgan fingerprint density at radius 1 is 0.346 bits per heavy atom. The standard InChI is InChI=1S/2C7H9NO2.2C6H7NO2.2C4H10.5CH4.Y/c2*1-4-5(2)7(10)8(3)6(4)9;2*1-3-4(2)6(9)7-5(3)8;2*1-3-4-2;;;;;;/h2*1-3H3;2*1-2H3,(H,7,8,9);2*3-4H2,1-2H3;5*1H4;/p-2. The molecule has 0 atom stereocenters. The van der Waals surface area contributed by atoms with Gasteiger partial charge in [-0.25, -0.2) is 0 Å². The topological polar surface area (TPSA) is 171 Å². The Bertz CT molecular complexity index is 1190. The number of carbonyl (C=O) groups excluding carboxylic acids is 8. The largest absolute Gasteiger partial charge is 0.588 e. The minimum Gasteiger partial charge on any atom is -0.588 e. The molecule has 4 aliphatic rings. The molecule has 299 valence electrons. The number of nitrogens with zero attached hydrogens (tertiary/aromatic N) is 4. The number of unbranched alkanes of at least 4 members (excludes halogenated alkanes) is 2. The van der Waals surface area contributed by atoms with E-state index in [1.165, 1.54) is 39.8 Å². The Balaban J connectivity index is -0.0000000748. The second-order valence-electron chi connectivity index (χ2n) is 10.8. The number of likely N-dealkylation sites (N-methyl/N-ethyl adjacent to an activating group) is 2. The molecule has 0 spiro atoms. The van der Waals surface area contributed by atoms with Crippen molar-refractivity contribution in [2.75, 3.05) is 14.1 Å². The number of hydrogen-bond donors (Lipinski definition) is 0. The first-order valence-corrected chi connectivity index (χ1v) is 15.1. The van der Waals surface area contributed by atoms with Gasteiger partial charge in [0, 0.05) is 69.1 Å². The average molecular weight is 812 g/mol. The van der Waals surface area contributed by atoms with Gasteiger partial charge in [0.05, 0.1) is 23.6 Å². The third-order valence-electron chi connectivity index (χ3n) is 7.44. The number of carbonyl (C=O) groups is 8. The summed E-state index contributed by atoms with van der Waals surface area (Å²) < 4.78 is 0. The quantitative estimate of drug-likeness (QED) is 0.249. The van der Waals surface area contributed by atoms with Crippen molar-refractivity contribution in [3.05, 3.63) is 55.2 Å². The Morgan fingerprint density at radius 3 is 0.519 bits per heavy atom. The maximum absolute atomic E-state index is 11.0. The summed E-state index contributed by atoms with van der Waals surface area (Å²) in [5.41, 5.74) is 4.14. The van der Waals surface area contributed by atoms with E-state index in [9.17, 15) is 38.4 Å². The maximum Gasteiger partial charge on any atom is 0.256 e. The van der Waals surface area contributed by atoms with Crippen molar-refractivity contribution in [3.8, 4) is 0 Å². The molecule has 0 bridgehead atoms. The molecular formula is C39H70N4O8Y-2. The van der Waals surface area contributed by atoms with Crippen LogP contribution in [0.2, 0.25) is 0 Å². The van der Waals surface area contributed by atoms with Crippen molar-refractivity contribution in [3.63, 3.8) is 0 Å². The molecular weight excluding hydrogens is 741 g/mol. The van der Waals surface area contributed by atoms with Gasteiger partial charge in [-0.1, -0.05) is 90.5 Å². The molecule has 52 heavy (non-hydrogen) atoms.